The molecule has 0 aliphatic heterocycles. The first-order valence-electron chi connectivity index (χ1n) is 5.70. The summed E-state index contributed by atoms with van der Waals surface area (Å²) in [6.45, 7) is 1.42. The zero-order chi connectivity index (χ0) is 15.6. The van der Waals surface area contributed by atoms with Gasteiger partial charge in [-0.25, -0.2) is 21.6 Å². The van der Waals surface area contributed by atoms with Gasteiger partial charge in [0.1, 0.15) is 4.90 Å². The van der Waals surface area contributed by atoms with Crippen molar-refractivity contribution >= 4 is 31.5 Å². The van der Waals surface area contributed by atoms with Crippen LogP contribution in [-0.2, 0) is 19.9 Å². The molecule has 1 aromatic carbocycles. The molecule has 0 spiro atoms. The van der Waals surface area contributed by atoms with Gasteiger partial charge in [0.2, 0.25) is 10.0 Å². The summed E-state index contributed by atoms with van der Waals surface area (Å²) in [6, 6.07) is 2.99. The summed E-state index contributed by atoms with van der Waals surface area (Å²) in [4.78, 5) is -0.427. The number of aliphatic hydroxyl groups excluding tert-OH is 1. The summed E-state index contributed by atoms with van der Waals surface area (Å²) >= 11 is 5.83. The maximum absolute atomic E-state index is 12.1. The SMILES string of the molecule is CC(CCO)NS(=O)(=O)c1cc(S(C)(=O)=O)ccc1Cl. The first-order valence-corrected chi connectivity index (χ1v) is 9.46. The van der Waals surface area contributed by atoms with Gasteiger partial charge >= 0.3 is 0 Å². The molecule has 1 atom stereocenters. The number of sulfonamides is 1. The quantitative estimate of drug-likeness (QED) is 0.796. The normalized spacial score (nSPS) is 14.2. The van der Waals surface area contributed by atoms with E-state index >= 15 is 0 Å². The number of aliphatic hydroxyl groups is 1. The van der Waals surface area contributed by atoms with E-state index in [1.165, 1.54) is 12.1 Å². The summed E-state index contributed by atoms with van der Waals surface area (Å²) in [5.41, 5.74) is 0. The van der Waals surface area contributed by atoms with Crippen LogP contribution in [0.4, 0.5) is 0 Å². The topological polar surface area (TPSA) is 101 Å². The fourth-order valence-electron chi connectivity index (χ4n) is 1.50. The molecule has 0 aromatic heterocycles. The second kappa shape index (κ2) is 6.40. The molecule has 0 bridgehead atoms. The lowest BCUT2D eigenvalue weighted by Gasteiger charge is -2.14. The van der Waals surface area contributed by atoms with Crippen LogP contribution in [0.2, 0.25) is 5.02 Å². The first kappa shape index (κ1) is 17.4. The number of hydrogen-bond acceptors (Lipinski definition) is 5. The van der Waals surface area contributed by atoms with E-state index in [-0.39, 0.29) is 27.8 Å². The number of rotatable bonds is 6. The Morgan fingerprint density at radius 2 is 1.90 bits per heavy atom. The molecule has 0 aliphatic carbocycles. The summed E-state index contributed by atoms with van der Waals surface area (Å²) in [5, 5.41) is 8.70. The van der Waals surface area contributed by atoms with Gasteiger partial charge in [-0.15, -0.1) is 0 Å². The lowest BCUT2D eigenvalue weighted by molar-refractivity contribution is 0.275. The molecule has 0 radical (unpaired) electrons. The zero-order valence-electron chi connectivity index (χ0n) is 11.0. The van der Waals surface area contributed by atoms with Crippen LogP contribution in [0.5, 0.6) is 0 Å². The van der Waals surface area contributed by atoms with E-state index in [4.69, 9.17) is 16.7 Å². The average molecular weight is 342 g/mol. The van der Waals surface area contributed by atoms with Crippen LogP contribution in [0.3, 0.4) is 0 Å². The molecule has 0 saturated heterocycles. The molecule has 1 aromatic rings. The summed E-state index contributed by atoms with van der Waals surface area (Å²) in [7, 11) is -7.48. The van der Waals surface area contributed by atoms with E-state index in [0.717, 1.165) is 12.3 Å². The van der Waals surface area contributed by atoms with Crippen molar-refractivity contribution in [3.8, 4) is 0 Å². The van der Waals surface area contributed by atoms with Crippen LogP contribution in [0.15, 0.2) is 28.0 Å². The predicted octanol–water partition coefficient (Wildman–Crippen LogP) is 0.793. The lowest BCUT2D eigenvalue weighted by Crippen LogP contribution is -2.33. The van der Waals surface area contributed by atoms with Crippen molar-refractivity contribution in [2.45, 2.75) is 29.2 Å². The fourth-order valence-corrected chi connectivity index (χ4v) is 4.03. The van der Waals surface area contributed by atoms with Crippen LogP contribution in [0.25, 0.3) is 0 Å². The Morgan fingerprint density at radius 1 is 1.30 bits per heavy atom. The Kier molecular flexibility index (Phi) is 5.56. The van der Waals surface area contributed by atoms with Crippen molar-refractivity contribution in [2.24, 2.45) is 0 Å². The van der Waals surface area contributed by atoms with E-state index in [1.54, 1.807) is 6.92 Å². The van der Waals surface area contributed by atoms with Crippen LogP contribution in [0, 0.1) is 0 Å². The van der Waals surface area contributed by atoms with Crippen molar-refractivity contribution in [1.29, 1.82) is 0 Å². The number of benzene rings is 1. The van der Waals surface area contributed by atoms with Crippen LogP contribution in [0.1, 0.15) is 13.3 Å². The maximum atomic E-state index is 12.1. The summed E-state index contributed by atoms with van der Waals surface area (Å²) in [6.07, 6.45) is 1.22. The average Bonchev–Trinajstić information content (AvgIpc) is 2.26. The minimum atomic E-state index is -3.95. The smallest absolute Gasteiger partial charge is 0.242 e. The summed E-state index contributed by atoms with van der Waals surface area (Å²) in [5.74, 6) is 0. The minimum Gasteiger partial charge on any atom is -0.396 e. The fraction of sp³-hybridized carbons (Fsp3) is 0.455. The molecule has 0 heterocycles. The lowest BCUT2D eigenvalue weighted by atomic mass is 10.3. The molecule has 1 rings (SSSR count). The van der Waals surface area contributed by atoms with Crippen LogP contribution < -0.4 is 4.72 Å². The Morgan fingerprint density at radius 3 is 2.40 bits per heavy atom. The highest BCUT2D eigenvalue weighted by Gasteiger charge is 2.22. The third-order valence-electron chi connectivity index (χ3n) is 2.54. The highest BCUT2D eigenvalue weighted by molar-refractivity contribution is 7.91. The van der Waals surface area contributed by atoms with E-state index in [2.05, 4.69) is 4.72 Å². The molecule has 0 fully saturated rings. The van der Waals surface area contributed by atoms with Gasteiger partial charge < -0.3 is 5.11 Å². The van der Waals surface area contributed by atoms with Gasteiger partial charge in [0, 0.05) is 18.9 Å². The molecule has 0 saturated carbocycles. The summed E-state index contributed by atoms with van der Waals surface area (Å²) < 4.78 is 49.5. The van der Waals surface area contributed by atoms with Crippen molar-refractivity contribution in [3.05, 3.63) is 23.2 Å². The highest BCUT2D eigenvalue weighted by atomic mass is 35.5. The Labute approximate surface area is 123 Å². The molecule has 1 unspecified atom stereocenters. The number of hydrogen-bond donors (Lipinski definition) is 2. The molecule has 20 heavy (non-hydrogen) atoms. The van der Waals surface area contributed by atoms with E-state index < -0.39 is 25.9 Å². The number of halogens is 1. The highest BCUT2D eigenvalue weighted by Crippen LogP contribution is 2.25. The van der Waals surface area contributed by atoms with Crippen LogP contribution in [-0.4, -0.2) is 40.8 Å². The Bertz CT molecular complexity index is 685. The molecule has 9 heteroatoms. The number of sulfone groups is 1. The van der Waals surface area contributed by atoms with Crippen molar-refractivity contribution in [3.63, 3.8) is 0 Å². The standard InChI is InChI=1S/C11H16ClNO5S2/c1-8(5-6-14)13-20(17,18)11-7-9(19(2,15)16)3-4-10(11)12/h3-4,7-8,13-14H,5-6H2,1-2H3. The van der Waals surface area contributed by atoms with Crippen molar-refractivity contribution in [1.82, 2.24) is 4.72 Å². The van der Waals surface area contributed by atoms with Gasteiger partial charge in [-0.3, -0.25) is 0 Å². The molecule has 114 valence electrons. The van der Waals surface area contributed by atoms with Crippen molar-refractivity contribution < 1.29 is 21.9 Å². The molecule has 0 aliphatic rings. The predicted molar refractivity (Wildman–Crippen MR) is 76.0 cm³/mol. The van der Waals surface area contributed by atoms with Gasteiger partial charge in [0.15, 0.2) is 9.84 Å². The number of nitrogens with one attached hydrogen (secondary N) is 1. The van der Waals surface area contributed by atoms with Crippen LogP contribution >= 0.6 is 11.6 Å². The van der Waals surface area contributed by atoms with E-state index in [1.807, 2.05) is 0 Å². The second-order valence-corrected chi connectivity index (χ2v) is 8.50. The maximum Gasteiger partial charge on any atom is 0.242 e. The van der Waals surface area contributed by atoms with Gasteiger partial charge in [-0.05, 0) is 31.5 Å². The van der Waals surface area contributed by atoms with Gasteiger partial charge in [-0.2, -0.15) is 0 Å². The minimum absolute atomic E-state index is 0.0684. The van der Waals surface area contributed by atoms with Gasteiger partial charge in [0.05, 0.1) is 9.92 Å². The molecular formula is C11H16ClNO5S2. The van der Waals surface area contributed by atoms with Gasteiger partial charge in [0.25, 0.3) is 0 Å². The Hall–Kier alpha value is -0.670. The van der Waals surface area contributed by atoms with Crippen molar-refractivity contribution in [2.75, 3.05) is 12.9 Å². The van der Waals surface area contributed by atoms with Gasteiger partial charge in [-0.1, -0.05) is 11.6 Å². The third-order valence-corrected chi connectivity index (χ3v) is 5.72. The molecule has 6 nitrogen and oxygen atoms in total. The third kappa shape index (κ3) is 4.42. The monoisotopic (exact) mass is 341 g/mol. The molecular weight excluding hydrogens is 326 g/mol. The largest absolute Gasteiger partial charge is 0.396 e. The van der Waals surface area contributed by atoms with E-state index in [0.29, 0.717) is 0 Å². The zero-order valence-corrected chi connectivity index (χ0v) is 13.4. The first-order chi connectivity index (χ1) is 9.08. The van der Waals surface area contributed by atoms with E-state index in [9.17, 15) is 16.8 Å². The molecule has 2 N–H and O–H groups in total. The second-order valence-electron chi connectivity index (χ2n) is 4.40. The molecule has 0 amide bonds. The Balaban J connectivity index is 3.24.